The molecule has 3 amide bonds. The number of hydrogen-bond donors (Lipinski definition) is 0. The Bertz CT molecular complexity index is 1280. The molecule has 2 aliphatic heterocycles. The standard InChI is InChI=1S/C23H29F2N3O6S.C5H9NO2/c1-20(2,3)33-18(29)27(19(30)34-21(4,5)6)17-26-23(8,15-11-22(15,7)35-17)13-9-12(28(31)32)10-14(24)16(13)25;7-5-6-1-3-8-4-2-6/h9-10,15H,11H2,1-8H3;5H,1-4H2/t15-,22+,23-;/m1./s1. The van der Waals surface area contributed by atoms with E-state index in [1.165, 1.54) is 6.92 Å². The largest absolute Gasteiger partial charge is 0.443 e. The minimum atomic E-state index is -1.51. The molecule has 0 spiro atoms. The van der Waals surface area contributed by atoms with Crippen molar-refractivity contribution in [3.63, 3.8) is 0 Å². The van der Waals surface area contributed by atoms with Gasteiger partial charge in [0.15, 0.2) is 16.8 Å². The Morgan fingerprint density at radius 1 is 1.12 bits per heavy atom. The molecule has 0 bridgehead atoms. The van der Waals surface area contributed by atoms with Crippen molar-refractivity contribution in [3.8, 4) is 0 Å². The first kappa shape index (κ1) is 34.2. The van der Waals surface area contributed by atoms with E-state index in [1.807, 2.05) is 6.92 Å². The number of rotatable bonds is 3. The van der Waals surface area contributed by atoms with Crippen molar-refractivity contribution in [2.75, 3.05) is 26.3 Å². The van der Waals surface area contributed by atoms with E-state index in [4.69, 9.17) is 14.2 Å². The molecule has 1 saturated carbocycles. The SMILES string of the molecule is CC(C)(C)OC(=O)N(C(=O)OC(C)(C)C)C1=N[C@](C)(c2cc([N+](=O)[O-])cc(F)c2F)[C@@H]2C[C@]2(C)S1.O=CN1CCOCC1. The fourth-order valence-corrected chi connectivity index (χ4v) is 6.20. The summed E-state index contributed by atoms with van der Waals surface area (Å²) in [6, 6.07) is 1.45. The van der Waals surface area contributed by atoms with Crippen LogP contribution in [-0.4, -0.2) is 80.7 Å². The lowest BCUT2D eigenvalue weighted by Gasteiger charge is -2.36. The van der Waals surface area contributed by atoms with Gasteiger partial charge in [-0.3, -0.25) is 14.9 Å². The summed E-state index contributed by atoms with van der Waals surface area (Å²) in [4.78, 5) is 53.6. The van der Waals surface area contributed by atoms with Gasteiger partial charge in [-0.25, -0.2) is 23.4 Å². The Morgan fingerprint density at radius 3 is 2.09 bits per heavy atom. The third kappa shape index (κ3) is 8.19. The second kappa shape index (κ2) is 12.3. The summed E-state index contributed by atoms with van der Waals surface area (Å²) in [6.45, 7) is 16.0. The van der Waals surface area contributed by atoms with Crippen LogP contribution in [0.1, 0.15) is 67.4 Å². The third-order valence-electron chi connectivity index (χ3n) is 6.82. The van der Waals surface area contributed by atoms with E-state index in [2.05, 4.69) is 4.99 Å². The van der Waals surface area contributed by atoms with Crippen LogP contribution in [0.25, 0.3) is 0 Å². The second-order valence-electron chi connectivity index (χ2n) is 12.8. The topological polar surface area (TPSA) is 141 Å². The molecule has 1 aliphatic carbocycles. The number of carbonyl (C=O) groups is 3. The van der Waals surface area contributed by atoms with Crippen molar-refractivity contribution in [2.45, 2.75) is 83.3 Å². The maximum atomic E-state index is 15.0. The summed E-state index contributed by atoms with van der Waals surface area (Å²) in [5.41, 5.74) is -4.38. The fourth-order valence-electron chi connectivity index (χ4n) is 4.68. The summed E-state index contributed by atoms with van der Waals surface area (Å²) in [5.74, 6) is -2.99. The number of morpholine rings is 1. The molecule has 1 aromatic rings. The number of imide groups is 1. The highest BCUT2D eigenvalue weighted by Gasteiger charge is 2.65. The molecule has 2 heterocycles. The zero-order valence-electron chi connectivity index (χ0n) is 25.6. The predicted octanol–water partition coefficient (Wildman–Crippen LogP) is 5.62. The van der Waals surface area contributed by atoms with Crippen LogP contribution >= 0.6 is 11.8 Å². The molecule has 0 N–H and O–H groups in total. The number of halogens is 2. The molecular weight excluding hydrogens is 590 g/mol. The van der Waals surface area contributed by atoms with Crippen LogP contribution in [-0.2, 0) is 24.5 Å². The average molecular weight is 629 g/mol. The van der Waals surface area contributed by atoms with Crippen molar-refractivity contribution < 1.29 is 42.3 Å². The first-order valence-electron chi connectivity index (χ1n) is 13.7. The molecule has 238 valence electrons. The van der Waals surface area contributed by atoms with Crippen LogP contribution in [0.2, 0.25) is 0 Å². The predicted molar refractivity (Wildman–Crippen MR) is 155 cm³/mol. The van der Waals surface area contributed by atoms with Gasteiger partial charge in [0, 0.05) is 35.4 Å². The molecule has 0 radical (unpaired) electrons. The first-order chi connectivity index (χ1) is 19.7. The van der Waals surface area contributed by atoms with Gasteiger partial charge in [0.25, 0.3) is 5.69 Å². The Labute approximate surface area is 253 Å². The fraction of sp³-hybridized carbons (Fsp3) is 0.643. The molecule has 12 nitrogen and oxygen atoms in total. The summed E-state index contributed by atoms with van der Waals surface area (Å²) in [7, 11) is 0. The smallest absolute Gasteiger partial charge is 0.426 e. The van der Waals surface area contributed by atoms with Crippen LogP contribution in [0.3, 0.4) is 0 Å². The van der Waals surface area contributed by atoms with Crippen molar-refractivity contribution in [3.05, 3.63) is 39.4 Å². The van der Waals surface area contributed by atoms with Gasteiger partial charge in [0.1, 0.15) is 11.2 Å². The van der Waals surface area contributed by atoms with E-state index < -0.39 is 55.9 Å². The Kier molecular flexibility index (Phi) is 9.81. The number of amidine groups is 1. The van der Waals surface area contributed by atoms with Crippen LogP contribution in [0.4, 0.5) is 24.1 Å². The lowest BCUT2D eigenvalue weighted by atomic mass is 9.85. The zero-order chi connectivity index (χ0) is 32.5. The molecule has 1 aromatic carbocycles. The van der Waals surface area contributed by atoms with Gasteiger partial charge in [0.05, 0.1) is 29.7 Å². The van der Waals surface area contributed by atoms with Crippen molar-refractivity contribution in [1.82, 2.24) is 9.80 Å². The zero-order valence-corrected chi connectivity index (χ0v) is 26.4. The Hall–Kier alpha value is -3.33. The highest BCUT2D eigenvalue weighted by molar-refractivity contribution is 8.15. The van der Waals surface area contributed by atoms with E-state index in [-0.39, 0.29) is 16.6 Å². The van der Waals surface area contributed by atoms with Crippen molar-refractivity contribution in [1.29, 1.82) is 0 Å². The number of ether oxygens (including phenoxy) is 3. The minimum Gasteiger partial charge on any atom is -0.443 e. The minimum absolute atomic E-state index is 0.126. The maximum Gasteiger partial charge on any atom is 0.426 e. The summed E-state index contributed by atoms with van der Waals surface area (Å²) < 4.78 is 44.6. The number of thioether (sulfide) groups is 1. The first-order valence-corrected chi connectivity index (χ1v) is 14.5. The van der Waals surface area contributed by atoms with E-state index >= 15 is 4.39 Å². The van der Waals surface area contributed by atoms with Gasteiger partial charge in [-0.2, -0.15) is 4.90 Å². The molecule has 4 rings (SSSR count). The lowest BCUT2D eigenvalue weighted by Crippen LogP contribution is -2.48. The number of nitro benzene ring substituents is 1. The Balaban J connectivity index is 0.000000546. The number of benzene rings is 1. The second-order valence-corrected chi connectivity index (χ2v) is 14.3. The van der Waals surface area contributed by atoms with E-state index in [0.29, 0.717) is 30.6 Å². The number of carbonyl (C=O) groups excluding carboxylic acids is 3. The number of nitrogens with zero attached hydrogens (tertiary/aromatic N) is 4. The van der Waals surface area contributed by atoms with E-state index in [1.54, 1.807) is 46.4 Å². The number of nitro groups is 1. The number of aliphatic imine (C=N–C) groups is 1. The Morgan fingerprint density at radius 2 is 1.65 bits per heavy atom. The highest BCUT2D eigenvalue weighted by Crippen LogP contribution is 2.66. The summed E-state index contributed by atoms with van der Waals surface area (Å²) in [5, 5.41) is 11.2. The van der Waals surface area contributed by atoms with Crippen LogP contribution in [0.5, 0.6) is 0 Å². The average Bonchev–Trinajstić information content (AvgIpc) is 3.56. The normalized spacial score (nSPS) is 24.8. The van der Waals surface area contributed by atoms with E-state index in [0.717, 1.165) is 37.3 Å². The van der Waals surface area contributed by atoms with Crippen LogP contribution in [0, 0.1) is 27.7 Å². The van der Waals surface area contributed by atoms with Crippen LogP contribution in [0.15, 0.2) is 17.1 Å². The van der Waals surface area contributed by atoms with E-state index in [9.17, 15) is 28.9 Å². The molecule has 15 heteroatoms. The van der Waals surface area contributed by atoms with Gasteiger partial charge in [-0.05, 0) is 61.8 Å². The molecular formula is C28H38F2N4O8S. The molecule has 1 saturated heterocycles. The summed E-state index contributed by atoms with van der Waals surface area (Å²) in [6.07, 6.45) is -0.744. The van der Waals surface area contributed by atoms with Crippen molar-refractivity contribution in [2.24, 2.45) is 10.9 Å². The molecule has 43 heavy (non-hydrogen) atoms. The van der Waals surface area contributed by atoms with Gasteiger partial charge >= 0.3 is 12.2 Å². The molecule has 0 aromatic heterocycles. The molecule has 3 aliphatic rings. The summed E-state index contributed by atoms with van der Waals surface area (Å²) >= 11 is 1.12. The number of hydrogen-bond acceptors (Lipinski definition) is 10. The maximum absolute atomic E-state index is 15.0. The van der Waals surface area contributed by atoms with Gasteiger partial charge in [-0.15, -0.1) is 0 Å². The molecule has 2 fully saturated rings. The highest BCUT2D eigenvalue weighted by atomic mass is 32.2. The van der Waals surface area contributed by atoms with Gasteiger partial charge < -0.3 is 19.1 Å². The molecule has 3 atom stereocenters. The van der Waals surface area contributed by atoms with Gasteiger partial charge in [0.2, 0.25) is 6.41 Å². The monoisotopic (exact) mass is 628 g/mol. The number of amides is 3. The van der Waals surface area contributed by atoms with Crippen LogP contribution < -0.4 is 0 Å². The third-order valence-corrected chi connectivity index (χ3v) is 8.20. The molecule has 0 unspecified atom stereocenters. The number of fused-ring (bicyclic) bond motifs is 1. The van der Waals surface area contributed by atoms with Crippen molar-refractivity contribution >= 4 is 41.2 Å². The lowest BCUT2D eigenvalue weighted by molar-refractivity contribution is -0.385. The van der Waals surface area contributed by atoms with Gasteiger partial charge in [-0.1, -0.05) is 11.8 Å². The number of non-ortho nitro benzene ring substituents is 1. The quantitative estimate of drug-likeness (QED) is 0.237.